The molecule has 3 heteroatoms. The number of carbonyl (C=O) groups excluding carboxylic acids is 1. The van der Waals surface area contributed by atoms with Crippen LogP contribution in [0.5, 0.6) is 0 Å². The molecular formula is C18H36O3. The van der Waals surface area contributed by atoms with Crippen LogP contribution in [0.25, 0.3) is 0 Å². The van der Waals surface area contributed by atoms with Crippen molar-refractivity contribution in [2.45, 2.75) is 81.3 Å². The average molecular weight is 300 g/mol. The van der Waals surface area contributed by atoms with E-state index in [1.54, 1.807) is 0 Å². The van der Waals surface area contributed by atoms with Crippen LogP contribution in [-0.2, 0) is 14.3 Å². The summed E-state index contributed by atoms with van der Waals surface area (Å²) in [5.74, 6) is -0.123. The van der Waals surface area contributed by atoms with E-state index < -0.39 is 5.41 Å². The number of esters is 1. The highest BCUT2D eigenvalue weighted by atomic mass is 16.6. The van der Waals surface area contributed by atoms with Gasteiger partial charge in [0.05, 0.1) is 17.6 Å². The normalized spacial score (nSPS) is 16.5. The maximum atomic E-state index is 12.6. The van der Waals surface area contributed by atoms with Gasteiger partial charge >= 0.3 is 5.97 Å². The summed E-state index contributed by atoms with van der Waals surface area (Å²) in [5, 5.41) is 0. The Bertz CT molecular complexity index is 339. The molecule has 126 valence electrons. The van der Waals surface area contributed by atoms with Gasteiger partial charge in [-0.3, -0.25) is 4.79 Å². The first-order valence-corrected chi connectivity index (χ1v) is 7.90. The van der Waals surface area contributed by atoms with Crippen molar-refractivity contribution in [3.63, 3.8) is 0 Å². The Labute approximate surface area is 131 Å². The minimum Gasteiger partial charge on any atom is -0.463 e. The standard InChI is InChI=1S/C18H36O3/c1-15(2,3)13-18(10,16(4,5)6)14(19)20-11-12-21-17(7,8)9/h11-13H2,1-10H3. The fourth-order valence-electron chi connectivity index (χ4n) is 2.35. The van der Waals surface area contributed by atoms with E-state index in [2.05, 4.69) is 41.5 Å². The molecule has 21 heavy (non-hydrogen) atoms. The summed E-state index contributed by atoms with van der Waals surface area (Å²) in [7, 11) is 0. The SMILES string of the molecule is CC(C)(C)CC(C)(C(=O)OCCOC(C)(C)C)C(C)(C)C. The Morgan fingerprint density at radius 3 is 1.62 bits per heavy atom. The lowest BCUT2D eigenvalue weighted by Gasteiger charge is -2.43. The molecule has 1 atom stereocenters. The zero-order valence-electron chi connectivity index (χ0n) is 15.8. The molecule has 0 aromatic carbocycles. The van der Waals surface area contributed by atoms with E-state index in [0.29, 0.717) is 13.2 Å². The van der Waals surface area contributed by atoms with Crippen molar-refractivity contribution in [1.29, 1.82) is 0 Å². The van der Waals surface area contributed by atoms with E-state index in [-0.39, 0.29) is 22.4 Å². The van der Waals surface area contributed by atoms with E-state index in [9.17, 15) is 4.79 Å². The average Bonchev–Trinajstić information content (AvgIpc) is 2.18. The molecule has 1 unspecified atom stereocenters. The van der Waals surface area contributed by atoms with E-state index in [4.69, 9.17) is 9.47 Å². The van der Waals surface area contributed by atoms with Gasteiger partial charge in [-0.2, -0.15) is 0 Å². The summed E-state index contributed by atoms with van der Waals surface area (Å²) in [5.41, 5.74) is -0.788. The number of rotatable bonds is 5. The van der Waals surface area contributed by atoms with Gasteiger partial charge in [-0.15, -0.1) is 0 Å². The third-order valence-corrected chi connectivity index (χ3v) is 3.84. The van der Waals surface area contributed by atoms with Gasteiger partial charge in [0.15, 0.2) is 0 Å². The van der Waals surface area contributed by atoms with Crippen LogP contribution in [-0.4, -0.2) is 24.8 Å². The number of carbonyl (C=O) groups is 1. The van der Waals surface area contributed by atoms with Gasteiger partial charge < -0.3 is 9.47 Å². The zero-order chi connectivity index (χ0) is 17.1. The van der Waals surface area contributed by atoms with Crippen LogP contribution in [0.4, 0.5) is 0 Å². The molecule has 0 fully saturated rings. The molecule has 0 bridgehead atoms. The molecule has 0 radical (unpaired) electrons. The quantitative estimate of drug-likeness (QED) is 0.538. The van der Waals surface area contributed by atoms with Crippen molar-refractivity contribution in [1.82, 2.24) is 0 Å². The highest BCUT2D eigenvalue weighted by molar-refractivity contribution is 5.77. The predicted octanol–water partition coefficient (Wildman–Crippen LogP) is 4.83. The maximum Gasteiger partial charge on any atom is 0.312 e. The van der Waals surface area contributed by atoms with Crippen LogP contribution in [0.3, 0.4) is 0 Å². The van der Waals surface area contributed by atoms with Crippen LogP contribution in [0.1, 0.15) is 75.7 Å². The van der Waals surface area contributed by atoms with Gasteiger partial charge in [0.2, 0.25) is 0 Å². The second kappa shape index (κ2) is 6.68. The predicted molar refractivity (Wildman–Crippen MR) is 88.3 cm³/mol. The smallest absolute Gasteiger partial charge is 0.312 e. The fourth-order valence-corrected chi connectivity index (χ4v) is 2.35. The minimum atomic E-state index is -0.507. The van der Waals surface area contributed by atoms with Crippen molar-refractivity contribution in [2.75, 3.05) is 13.2 Å². The lowest BCUT2D eigenvalue weighted by Crippen LogP contribution is -2.44. The van der Waals surface area contributed by atoms with Gasteiger partial charge in [0.1, 0.15) is 6.61 Å². The number of ether oxygens (including phenoxy) is 2. The third kappa shape index (κ3) is 7.30. The molecule has 0 aliphatic heterocycles. The fraction of sp³-hybridized carbons (Fsp3) is 0.944. The largest absolute Gasteiger partial charge is 0.463 e. The molecule has 0 aliphatic rings. The van der Waals surface area contributed by atoms with Crippen molar-refractivity contribution in [2.24, 2.45) is 16.2 Å². The van der Waals surface area contributed by atoms with Crippen LogP contribution in [0, 0.1) is 16.2 Å². The summed E-state index contributed by atoms with van der Waals surface area (Å²) in [6.45, 7) is 21.5. The Hall–Kier alpha value is -0.570. The van der Waals surface area contributed by atoms with Crippen LogP contribution < -0.4 is 0 Å². The summed E-state index contributed by atoms with van der Waals surface area (Å²) in [6.07, 6.45) is 0.794. The van der Waals surface area contributed by atoms with Gasteiger partial charge in [-0.25, -0.2) is 0 Å². The highest BCUT2D eigenvalue weighted by Crippen LogP contribution is 2.47. The molecule has 0 amide bonds. The van der Waals surface area contributed by atoms with Gasteiger partial charge in [-0.05, 0) is 44.9 Å². The van der Waals surface area contributed by atoms with Gasteiger partial charge in [-0.1, -0.05) is 41.5 Å². The minimum absolute atomic E-state index is 0.0724. The number of hydrogen-bond acceptors (Lipinski definition) is 3. The first-order valence-electron chi connectivity index (χ1n) is 7.90. The second-order valence-electron chi connectivity index (χ2n) is 9.42. The van der Waals surface area contributed by atoms with E-state index in [1.807, 2.05) is 27.7 Å². The second-order valence-corrected chi connectivity index (χ2v) is 9.42. The Kier molecular flexibility index (Phi) is 6.50. The van der Waals surface area contributed by atoms with E-state index >= 15 is 0 Å². The Morgan fingerprint density at radius 1 is 0.810 bits per heavy atom. The maximum absolute atomic E-state index is 12.6. The molecule has 0 saturated carbocycles. The van der Waals surface area contributed by atoms with Crippen LogP contribution >= 0.6 is 0 Å². The summed E-state index contributed by atoms with van der Waals surface area (Å²) < 4.78 is 11.1. The first kappa shape index (κ1) is 20.4. The third-order valence-electron chi connectivity index (χ3n) is 3.84. The molecule has 0 rings (SSSR count). The van der Waals surface area contributed by atoms with Gasteiger partial charge in [0.25, 0.3) is 0 Å². The number of hydrogen-bond donors (Lipinski definition) is 0. The lowest BCUT2D eigenvalue weighted by molar-refractivity contribution is -0.167. The summed E-state index contributed by atoms with van der Waals surface area (Å²) >= 11 is 0. The van der Waals surface area contributed by atoms with Crippen molar-refractivity contribution in [3.8, 4) is 0 Å². The molecule has 0 saturated heterocycles. The molecule has 0 aromatic heterocycles. The summed E-state index contributed by atoms with van der Waals surface area (Å²) in [6, 6.07) is 0. The van der Waals surface area contributed by atoms with Crippen LogP contribution in [0.2, 0.25) is 0 Å². The molecule has 0 spiro atoms. The molecule has 0 N–H and O–H groups in total. The first-order chi connectivity index (χ1) is 9.08. The topological polar surface area (TPSA) is 35.5 Å². The van der Waals surface area contributed by atoms with Crippen molar-refractivity contribution in [3.05, 3.63) is 0 Å². The Balaban J connectivity index is 4.77. The van der Waals surface area contributed by atoms with Crippen LogP contribution in [0.15, 0.2) is 0 Å². The Morgan fingerprint density at radius 2 is 1.29 bits per heavy atom. The van der Waals surface area contributed by atoms with Crippen molar-refractivity contribution >= 4 is 5.97 Å². The lowest BCUT2D eigenvalue weighted by atomic mass is 9.61. The highest BCUT2D eigenvalue weighted by Gasteiger charge is 2.47. The molecule has 3 nitrogen and oxygen atoms in total. The zero-order valence-corrected chi connectivity index (χ0v) is 15.8. The monoisotopic (exact) mass is 300 g/mol. The molecular weight excluding hydrogens is 264 g/mol. The van der Waals surface area contributed by atoms with E-state index in [1.165, 1.54) is 0 Å². The van der Waals surface area contributed by atoms with E-state index in [0.717, 1.165) is 6.42 Å². The summed E-state index contributed by atoms with van der Waals surface area (Å²) in [4.78, 5) is 12.6. The molecule has 0 aromatic rings. The van der Waals surface area contributed by atoms with Gasteiger partial charge in [0, 0.05) is 0 Å². The van der Waals surface area contributed by atoms with Crippen molar-refractivity contribution < 1.29 is 14.3 Å². The molecule has 0 aliphatic carbocycles. The molecule has 0 heterocycles.